The number of hydrogen-bond donors (Lipinski definition) is 2. The SMILES string of the molecule is COC(=O)C(C)(C(C)=O)c1ccc(N)c(N)c1C#N. The highest BCUT2D eigenvalue weighted by Crippen LogP contribution is 2.34. The van der Waals surface area contributed by atoms with Crippen molar-refractivity contribution < 1.29 is 14.3 Å². The van der Waals surface area contributed by atoms with Crippen molar-refractivity contribution in [2.45, 2.75) is 19.3 Å². The van der Waals surface area contributed by atoms with Gasteiger partial charge in [-0.3, -0.25) is 9.59 Å². The third kappa shape index (κ3) is 2.10. The van der Waals surface area contributed by atoms with E-state index in [2.05, 4.69) is 4.74 Å². The fourth-order valence-corrected chi connectivity index (χ4v) is 1.82. The number of esters is 1. The molecule has 0 bridgehead atoms. The molecule has 6 nitrogen and oxygen atoms in total. The summed E-state index contributed by atoms with van der Waals surface area (Å²) in [5, 5.41) is 9.17. The molecule has 0 aliphatic rings. The van der Waals surface area contributed by atoms with Crippen LogP contribution in [-0.4, -0.2) is 18.9 Å². The van der Waals surface area contributed by atoms with Crippen LogP contribution in [0.3, 0.4) is 0 Å². The predicted octanol–water partition coefficient (Wildman–Crippen LogP) is 0.742. The smallest absolute Gasteiger partial charge is 0.323 e. The normalized spacial score (nSPS) is 13.2. The number of nitriles is 1. The van der Waals surface area contributed by atoms with E-state index >= 15 is 0 Å². The van der Waals surface area contributed by atoms with Crippen molar-refractivity contribution in [2.24, 2.45) is 0 Å². The van der Waals surface area contributed by atoms with E-state index in [0.717, 1.165) is 0 Å². The molecule has 0 heterocycles. The summed E-state index contributed by atoms with van der Waals surface area (Å²) in [6, 6.07) is 4.78. The molecule has 0 radical (unpaired) electrons. The van der Waals surface area contributed by atoms with Gasteiger partial charge in [0.05, 0.1) is 24.0 Å². The summed E-state index contributed by atoms with van der Waals surface area (Å²) in [4.78, 5) is 23.8. The number of ether oxygens (including phenoxy) is 1. The second kappa shape index (κ2) is 4.98. The Labute approximate surface area is 110 Å². The lowest BCUT2D eigenvalue weighted by atomic mass is 9.76. The number of carbonyl (C=O) groups is 2. The lowest BCUT2D eigenvalue weighted by Gasteiger charge is -2.25. The fourth-order valence-electron chi connectivity index (χ4n) is 1.82. The number of nitrogens with zero attached hydrogens (tertiary/aromatic N) is 1. The van der Waals surface area contributed by atoms with Crippen LogP contribution in [0.1, 0.15) is 25.0 Å². The van der Waals surface area contributed by atoms with E-state index in [9.17, 15) is 14.9 Å². The summed E-state index contributed by atoms with van der Waals surface area (Å²) in [5.74, 6) is -1.19. The van der Waals surface area contributed by atoms with Gasteiger partial charge in [0, 0.05) is 0 Å². The minimum atomic E-state index is -1.58. The monoisotopic (exact) mass is 261 g/mol. The van der Waals surface area contributed by atoms with E-state index in [-0.39, 0.29) is 22.5 Å². The molecule has 0 saturated carbocycles. The van der Waals surface area contributed by atoms with Crippen LogP contribution < -0.4 is 11.5 Å². The number of Topliss-reactive ketones (excluding diaryl/α,β-unsaturated/α-hetero) is 1. The van der Waals surface area contributed by atoms with Gasteiger partial charge in [-0.05, 0) is 25.5 Å². The average Bonchev–Trinajstić information content (AvgIpc) is 2.39. The maximum Gasteiger partial charge on any atom is 0.323 e. The Balaban J connectivity index is 3.68. The van der Waals surface area contributed by atoms with Crippen LogP contribution in [0.15, 0.2) is 12.1 Å². The molecule has 0 aliphatic carbocycles. The Hall–Kier alpha value is -2.55. The summed E-state index contributed by atoms with van der Waals surface area (Å²) in [7, 11) is 1.18. The lowest BCUT2D eigenvalue weighted by Crippen LogP contribution is -2.41. The Morgan fingerprint density at radius 2 is 1.95 bits per heavy atom. The van der Waals surface area contributed by atoms with E-state index in [1.54, 1.807) is 0 Å². The van der Waals surface area contributed by atoms with Crippen molar-refractivity contribution in [3.8, 4) is 6.07 Å². The molecule has 6 heteroatoms. The molecule has 0 fully saturated rings. The Bertz CT molecular complexity index is 590. The highest BCUT2D eigenvalue weighted by Gasteiger charge is 2.43. The highest BCUT2D eigenvalue weighted by molar-refractivity contribution is 6.09. The molecule has 1 rings (SSSR count). The lowest BCUT2D eigenvalue weighted by molar-refractivity contribution is -0.150. The molecule has 19 heavy (non-hydrogen) atoms. The van der Waals surface area contributed by atoms with Crippen LogP contribution in [0.5, 0.6) is 0 Å². The van der Waals surface area contributed by atoms with Crippen LogP contribution in [0.2, 0.25) is 0 Å². The number of methoxy groups -OCH3 is 1. The van der Waals surface area contributed by atoms with Gasteiger partial charge >= 0.3 is 5.97 Å². The van der Waals surface area contributed by atoms with Crippen molar-refractivity contribution in [2.75, 3.05) is 18.6 Å². The Kier molecular flexibility index (Phi) is 3.80. The first-order valence-corrected chi connectivity index (χ1v) is 5.48. The molecule has 4 N–H and O–H groups in total. The quantitative estimate of drug-likeness (QED) is 0.470. The minimum absolute atomic E-state index is 0.0168. The van der Waals surface area contributed by atoms with Crippen LogP contribution in [0.25, 0.3) is 0 Å². The maximum atomic E-state index is 11.9. The maximum absolute atomic E-state index is 11.9. The molecule has 0 amide bonds. The molecule has 1 atom stereocenters. The van der Waals surface area contributed by atoms with Gasteiger partial charge < -0.3 is 16.2 Å². The molecule has 0 aliphatic heterocycles. The van der Waals surface area contributed by atoms with Crippen molar-refractivity contribution >= 4 is 23.1 Å². The van der Waals surface area contributed by atoms with E-state index < -0.39 is 17.2 Å². The first-order chi connectivity index (χ1) is 8.80. The standard InChI is InChI=1S/C13H15N3O3/c1-7(17)13(2,12(18)19-3)9-4-5-10(15)11(16)8(9)6-14/h4-5H,15-16H2,1-3H3. The summed E-state index contributed by atoms with van der Waals surface area (Å²) >= 11 is 0. The largest absolute Gasteiger partial charge is 0.468 e. The van der Waals surface area contributed by atoms with Crippen molar-refractivity contribution in [1.29, 1.82) is 5.26 Å². The molecule has 100 valence electrons. The molecule has 0 spiro atoms. The first kappa shape index (κ1) is 14.5. The van der Waals surface area contributed by atoms with Gasteiger partial charge in [0.1, 0.15) is 11.5 Å². The van der Waals surface area contributed by atoms with Gasteiger partial charge in [-0.15, -0.1) is 0 Å². The van der Waals surface area contributed by atoms with E-state index in [0.29, 0.717) is 0 Å². The number of rotatable bonds is 3. The van der Waals surface area contributed by atoms with Gasteiger partial charge in [-0.1, -0.05) is 6.07 Å². The molecule has 0 aromatic heterocycles. The Morgan fingerprint density at radius 1 is 1.37 bits per heavy atom. The minimum Gasteiger partial charge on any atom is -0.468 e. The van der Waals surface area contributed by atoms with Gasteiger partial charge in [0.2, 0.25) is 0 Å². The van der Waals surface area contributed by atoms with E-state index in [4.69, 9.17) is 11.5 Å². The van der Waals surface area contributed by atoms with E-state index in [1.165, 1.54) is 33.1 Å². The van der Waals surface area contributed by atoms with Crippen LogP contribution in [0, 0.1) is 11.3 Å². The highest BCUT2D eigenvalue weighted by atomic mass is 16.5. The zero-order valence-electron chi connectivity index (χ0n) is 11.0. The third-order valence-corrected chi connectivity index (χ3v) is 3.23. The topological polar surface area (TPSA) is 119 Å². The second-order valence-corrected chi connectivity index (χ2v) is 4.28. The summed E-state index contributed by atoms with van der Waals surface area (Å²) < 4.78 is 4.66. The van der Waals surface area contributed by atoms with Crippen LogP contribution in [-0.2, 0) is 19.7 Å². The van der Waals surface area contributed by atoms with Crippen molar-refractivity contribution in [3.63, 3.8) is 0 Å². The zero-order chi connectivity index (χ0) is 14.8. The second-order valence-electron chi connectivity index (χ2n) is 4.28. The molecule has 0 saturated heterocycles. The zero-order valence-corrected chi connectivity index (χ0v) is 11.0. The third-order valence-electron chi connectivity index (χ3n) is 3.23. The van der Waals surface area contributed by atoms with Crippen molar-refractivity contribution in [3.05, 3.63) is 23.3 Å². The molecule has 1 unspecified atom stereocenters. The van der Waals surface area contributed by atoms with Crippen molar-refractivity contribution in [1.82, 2.24) is 0 Å². The first-order valence-electron chi connectivity index (χ1n) is 5.48. The number of nitrogen functional groups attached to an aromatic ring is 2. The van der Waals surface area contributed by atoms with Gasteiger partial charge in [0.15, 0.2) is 5.78 Å². The number of ketones is 1. The predicted molar refractivity (Wildman–Crippen MR) is 70.0 cm³/mol. The molecular weight excluding hydrogens is 246 g/mol. The van der Waals surface area contributed by atoms with Crippen LogP contribution >= 0.6 is 0 Å². The van der Waals surface area contributed by atoms with E-state index in [1.807, 2.05) is 6.07 Å². The number of nitrogens with two attached hydrogens (primary N) is 2. The fraction of sp³-hybridized carbons (Fsp3) is 0.308. The average molecular weight is 261 g/mol. The van der Waals surface area contributed by atoms with Crippen LogP contribution in [0.4, 0.5) is 11.4 Å². The Morgan fingerprint density at radius 3 is 2.37 bits per heavy atom. The number of benzene rings is 1. The van der Waals surface area contributed by atoms with Gasteiger partial charge in [-0.25, -0.2) is 0 Å². The number of hydrogen-bond acceptors (Lipinski definition) is 6. The number of carbonyl (C=O) groups excluding carboxylic acids is 2. The number of anilines is 2. The van der Waals surface area contributed by atoms with Gasteiger partial charge in [0.25, 0.3) is 0 Å². The van der Waals surface area contributed by atoms with Gasteiger partial charge in [-0.2, -0.15) is 5.26 Å². The summed E-state index contributed by atoms with van der Waals surface area (Å²) in [5.41, 5.74) is 10.2. The molecule has 1 aromatic carbocycles. The molecular formula is C13H15N3O3. The molecule has 1 aromatic rings. The summed E-state index contributed by atoms with van der Waals surface area (Å²) in [6.07, 6.45) is 0. The summed E-state index contributed by atoms with van der Waals surface area (Å²) in [6.45, 7) is 2.65.